The van der Waals surface area contributed by atoms with Crippen LogP contribution in [0.25, 0.3) is 11.0 Å². The molecule has 0 spiro atoms. The molecule has 3 aromatic rings. The van der Waals surface area contributed by atoms with E-state index in [1.54, 1.807) is 42.5 Å². The number of piperidine rings is 1. The van der Waals surface area contributed by atoms with Crippen LogP contribution in [-0.2, 0) is 11.0 Å². The van der Waals surface area contributed by atoms with Crippen molar-refractivity contribution in [3.63, 3.8) is 0 Å². The van der Waals surface area contributed by atoms with Gasteiger partial charge in [-0.1, -0.05) is 29.8 Å². The van der Waals surface area contributed by atoms with Crippen molar-refractivity contribution in [3.05, 3.63) is 59.2 Å². The lowest BCUT2D eigenvalue weighted by molar-refractivity contribution is -0.140. The van der Waals surface area contributed by atoms with Crippen LogP contribution in [-0.4, -0.2) is 29.0 Å². The summed E-state index contributed by atoms with van der Waals surface area (Å²) in [4.78, 5) is 22.3. The molecule has 156 valence electrons. The number of carbonyl (C=O) groups excluding carboxylic acids is 1. The Morgan fingerprint density at radius 2 is 1.83 bits per heavy atom. The first-order valence-corrected chi connectivity index (χ1v) is 9.84. The van der Waals surface area contributed by atoms with Crippen molar-refractivity contribution in [3.8, 4) is 0 Å². The predicted octanol–water partition coefficient (Wildman–Crippen LogP) is 5.16. The molecule has 1 aromatic heterocycles. The van der Waals surface area contributed by atoms with Crippen LogP contribution >= 0.6 is 11.6 Å². The van der Waals surface area contributed by atoms with E-state index >= 15 is 0 Å². The number of halogens is 4. The Kier molecular flexibility index (Phi) is 5.51. The largest absolute Gasteiger partial charge is 0.437 e. The number of amides is 1. The van der Waals surface area contributed by atoms with Crippen molar-refractivity contribution < 1.29 is 18.0 Å². The summed E-state index contributed by atoms with van der Waals surface area (Å²) in [5, 5.41) is 3.28. The SMILES string of the molecule is O=C(Nc1cccc(Cl)c1)C1CCCN(c2nc3ccccc3nc2C(F)(F)F)C1. The number of rotatable bonds is 3. The fourth-order valence-corrected chi connectivity index (χ4v) is 3.79. The Hall–Kier alpha value is -2.87. The monoisotopic (exact) mass is 434 g/mol. The Morgan fingerprint density at radius 3 is 2.53 bits per heavy atom. The van der Waals surface area contributed by atoms with Crippen molar-refractivity contribution in [1.82, 2.24) is 9.97 Å². The normalized spacial score (nSPS) is 17.2. The van der Waals surface area contributed by atoms with E-state index < -0.39 is 17.8 Å². The number of nitrogens with one attached hydrogen (secondary N) is 1. The Labute approximate surface area is 175 Å². The highest BCUT2D eigenvalue weighted by Gasteiger charge is 2.40. The summed E-state index contributed by atoms with van der Waals surface area (Å²) in [6.45, 7) is 0.500. The number of aromatic nitrogens is 2. The van der Waals surface area contributed by atoms with Crippen LogP contribution in [0.4, 0.5) is 24.7 Å². The molecule has 0 bridgehead atoms. The Bertz CT molecular complexity index is 1090. The second-order valence-corrected chi connectivity index (χ2v) is 7.60. The zero-order chi connectivity index (χ0) is 21.3. The van der Waals surface area contributed by atoms with Crippen LogP contribution in [0, 0.1) is 5.92 Å². The number of hydrogen-bond acceptors (Lipinski definition) is 4. The third-order valence-electron chi connectivity index (χ3n) is 5.00. The van der Waals surface area contributed by atoms with Gasteiger partial charge in [-0.3, -0.25) is 4.79 Å². The van der Waals surface area contributed by atoms with Gasteiger partial charge in [0.15, 0.2) is 11.5 Å². The quantitative estimate of drug-likeness (QED) is 0.618. The number of nitrogens with zero attached hydrogens (tertiary/aromatic N) is 3. The number of anilines is 2. The Balaban J connectivity index is 1.61. The van der Waals surface area contributed by atoms with E-state index in [0.29, 0.717) is 35.6 Å². The second kappa shape index (κ2) is 8.10. The highest BCUT2D eigenvalue weighted by atomic mass is 35.5. The van der Waals surface area contributed by atoms with Gasteiger partial charge in [-0.2, -0.15) is 13.2 Å². The second-order valence-electron chi connectivity index (χ2n) is 7.17. The maximum atomic E-state index is 13.7. The van der Waals surface area contributed by atoms with E-state index in [4.69, 9.17) is 11.6 Å². The highest BCUT2D eigenvalue weighted by Crippen LogP contribution is 2.36. The predicted molar refractivity (Wildman–Crippen MR) is 110 cm³/mol. The smallest absolute Gasteiger partial charge is 0.354 e. The van der Waals surface area contributed by atoms with Crippen LogP contribution in [0.1, 0.15) is 18.5 Å². The molecule has 1 saturated heterocycles. The number of fused-ring (bicyclic) bond motifs is 1. The zero-order valence-electron chi connectivity index (χ0n) is 15.8. The van der Waals surface area contributed by atoms with Gasteiger partial charge in [0.1, 0.15) is 0 Å². The van der Waals surface area contributed by atoms with Gasteiger partial charge < -0.3 is 10.2 Å². The lowest BCUT2D eigenvalue weighted by Crippen LogP contribution is -2.42. The molecule has 5 nitrogen and oxygen atoms in total. The van der Waals surface area contributed by atoms with E-state index in [9.17, 15) is 18.0 Å². The minimum Gasteiger partial charge on any atom is -0.354 e. The standard InChI is InChI=1S/C21H18ClF3N4O/c22-14-6-3-7-15(11-14)26-20(30)13-5-4-10-29(12-13)19-18(21(23,24)25)27-16-8-1-2-9-17(16)28-19/h1-3,6-9,11,13H,4-5,10,12H2,(H,26,30). The van der Waals surface area contributed by atoms with Crippen LogP contribution in [0.5, 0.6) is 0 Å². The molecule has 9 heteroatoms. The summed E-state index contributed by atoms with van der Waals surface area (Å²) in [5.41, 5.74) is 0.0787. The summed E-state index contributed by atoms with van der Waals surface area (Å²) < 4.78 is 41.1. The number of carbonyl (C=O) groups is 1. The lowest BCUT2D eigenvalue weighted by Gasteiger charge is -2.34. The molecule has 1 atom stereocenters. The number of para-hydroxylation sites is 2. The van der Waals surface area contributed by atoms with Gasteiger partial charge in [-0.05, 0) is 43.2 Å². The summed E-state index contributed by atoms with van der Waals surface area (Å²) in [5.74, 6) is -0.974. The van der Waals surface area contributed by atoms with Crippen molar-refractivity contribution in [2.45, 2.75) is 19.0 Å². The highest BCUT2D eigenvalue weighted by molar-refractivity contribution is 6.30. The van der Waals surface area contributed by atoms with Gasteiger partial charge >= 0.3 is 6.18 Å². The average molecular weight is 435 g/mol. The molecule has 1 unspecified atom stereocenters. The van der Waals surface area contributed by atoms with Crippen LogP contribution in [0.2, 0.25) is 5.02 Å². The van der Waals surface area contributed by atoms with Crippen LogP contribution in [0.15, 0.2) is 48.5 Å². The van der Waals surface area contributed by atoms with Gasteiger partial charge in [-0.15, -0.1) is 0 Å². The first kappa shape index (κ1) is 20.4. The van der Waals surface area contributed by atoms with Crippen LogP contribution in [0.3, 0.4) is 0 Å². The molecule has 1 amide bonds. The third-order valence-corrected chi connectivity index (χ3v) is 5.24. The van der Waals surface area contributed by atoms with Crippen molar-refractivity contribution in [2.24, 2.45) is 5.92 Å². The van der Waals surface area contributed by atoms with Crippen LogP contribution < -0.4 is 10.2 Å². The van der Waals surface area contributed by atoms with Gasteiger partial charge in [0.05, 0.1) is 17.0 Å². The molecule has 2 aromatic carbocycles. The molecule has 2 heterocycles. The molecule has 0 radical (unpaired) electrons. The molecule has 4 rings (SSSR count). The van der Waals surface area contributed by atoms with E-state index in [0.717, 1.165) is 0 Å². The molecule has 1 fully saturated rings. The average Bonchev–Trinajstić information content (AvgIpc) is 2.72. The lowest BCUT2D eigenvalue weighted by atomic mass is 9.96. The van der Waals surface area contributed by atoms with E-state index in [-0.39, 0.29) is 23.8 Å². The maximum Gasteiger partial charge on any atom is 0.437 e. The summed E-state index contributed by atoms with van der Waals surface area (Å²) >= 11 is 5.94. The molecule has 0 aliphatic carbocycles. The van der Waals surface area contributed by atoms with Crippen molar-refractivity contribution in [1.29, 1.82) is 0 Å². The van der Waals surface area contributed by atoms with E-state index in [1.807, 2.05) is 0 Å². The van der Waals surface area contributed by atoms with Gasteiger partial charge in [-0.25, -0.2) is 9.97 Å². The van der Waals surface area contributed by atoms with Crippen molar-refractivity contribution in [2.75, 3.05) is 23.3 Å². The van der Waals surface area contributed by atoms with E-state index in [1.165, 1.54) is 11.0 Å². The summed E-state index contributed by atoms with van der Waals surface area (Å²) in [6.07, 6.45) is -3.51. The molecule has 30 heavy (non-hydrogen) atoms. The fourth-order valence-electron chi connectivity index (χ4n) is 3.60. The minimum absolute atomic E-state index is 0.127. The molecular formula is C21H18ClF3N4O. The minimum atomic E-state index is -4.65. The maximum absolute atomic E-state index is 13.7. The summed E-state index contributed by atoms with van der Waals surface area (Å²) in [7, 11) is 0. The molecular weight excluding hydrogens is 417 g/mol. The zero-order valence-corrected chi connectivity index (χ0v) is 16.5. The Morgan fingerprint density at radius 1 is 1.10 bits per heavy atom. The topological polar surface area (TPSA) is 58.1 Å². The van der Waals surface area contributed by atoms with E-state index in [2.05, 4.69) is 15.3 Å². The van der Waals surface area contributed by atoms with Gasteiger partial charge in [0.2, 0.25) is 5.91 Å². The number of hydrogen-bond donors (Lipinski definition) is 1. The molecule has 1 N–H and O–H groups in total. The fraction of sp³-hybridized carbons (Fsp3) is 0.286. The molecule has 1 aliphatic rings. The first-order valence-electron chi connectivity index (χ1n) is 9.46. The number of benzene rings is 2. The first-order chi connectivity index (χ1) is 14.3. The third kappa shape index (κ3) is 4.33. The molecule has 1 aliphatic heterocycles. The van der Waals surface area contributed by atoms with Gasteiger partial charge in [0, 0.05) is 23.8 Å². The van der Waals surface area contributed by atoms with Gasteiger partial charge in [0.25, 0.3) is 0 Å². The summed E-state index contributed by atoms with van der Waals surface area (Å²) in [6, 6.07) is 13.2. The van der Waals surface area contributed by atoms with Crippen molar-refractivity contribution >= 4 is 40.0 Å². The molecule has 0 saturated carbocycles. The number of alkyl halides is 3.